The Hall–Kier alpha value is -0.273. The van der Waals surface area contributed by atoms with Gasteiger partial charge in [0.25, 0.3) is 0 Å². The second-order valence-corrected chi connectivity index (χ2v) is 1.65. The second-order valence-electron chi connectivity index (χ2n) is 1.65. The molecule has 1 aromatic rings. The van der Waals surface area contributed by atoms with Crippen molar-refractivity contribution >= 4 is 20.6 Å². The monoisotopic (exact) mass is 158 g/mol. The predicted octanol–water partition coefficient (Wildman–Crippen LogP) is 1.50. The van der Waals surface area contributed by atoms with Gasteiger partial charge in [0.05, 0.1) is 0 Å². The Labute approximate surface area is 64.0 Å². The summed E-state index contributed by atoms with van der Waals surface area (Å²) in [6, 6.07) is 10.3. The van der Waals surface area contributed by atoms with Crippen LogP contribution in [0.25, 0.3) is 0 Å². The van der Waals surface area contributed by atoms with E-state index in [2.05, 4.69) is 19.1 Å². The van der Waals surface area contributed by atoms with Crippen molar-refractivity contribution in [1.82, 2.24) is 0 Å². The van der Waals surface area contributed by atoms with Crippen molar-refractivity contribution in [2.75, 3.05) is 0 Å². The molecule has 0 spiro atoms. The van der Waals surface area contributed by atoms with Crippen molar-refractivity contribution in [3.05, 3.63) is 35.9 Å². The summed E-state index contributed by atoms with van der Waals surface area (Å²) in [6.45, 7) is 2.08. The van der Waals surface area contributed by atoms with Gasteiger partial charge in [-0.05, 0) is 6.92 Å². The van der Waals surface area contributed by atoms with Crippen molar-refractivity contribution in [2.24, 2.45) is 0 Å². The number of rotatable bonds is 0. The van der Waals surface area contributed by atoms with Crippen molar-refractivity contribution in [1.29, 1.82) is 0 Å². The summed E-state index contributed by atoms with van der Waals surface area (Å²) < 4.78 is 0. The van der Waals surface area contributed by atoms with Crippen LogP contribution >= 0.6 is 11.1 Å². The van der Waals surface area contributed by atoms with Gasteiger partial charge in [-0.3, -0.25) is 0 Å². The summed E-state index contributed by atoms with van der Waals surface area (Å²) in [6.07, 6.45) is 0. The average Bonchev–Trinajstić information content (AvgIpc) is 1.94. The summed E-state index contributed by atoms with van der Waals surface area (Å²) in [5.74, 6) is 0. The molecule has 0 radical (unpaired) electrons. The number of halogens is 1. The molecule has 1 aromatic carbocycles. The van der Waals surface area contributed by atoms with Gasteiger partial charge in [0.2, 0.25) is 0 Å². The summed E-state index contributed by atoms with van der Waals surface area (Å²) in [5.41, 5.74) is 1.32. The smallest absolute Gasteiger partial charge is 0.109 e. The van der Waals surface area contributed by atoms with Gasteiger partial charge in [-0.15, -0.1) is 0 Å². The fourth-order valence-corrected chi connectivity index (χ4v) is 0.534. The van der Waals surface area contributed by atoms with Crippen LogP contribution in [-0.2, 0) is 0 Å². The summed E-state index contributed by atoms with van der Waals surface area (Å²) in [7, 11) is 0.778. The van der Waals surface area contributed by atoms with Crippen LogP contribution in [0.3, 0.4) is 0 Å². The van der Waals surface area contributed by atoms with Gasteiger partial charge >= 0.3 is 0 Å². The molecular formula is C7H11ClSi. The molecule has 0 saturated heterocycles. The van der Waals surface area contributed by atoms with Crippen LogP contribution in [0.15, 0.2) is 30.3 Å². The fraction of sp³-hybridized carbons (Fsp3) is 0.143. The highest BCUT2D eigenvalue weighted by molar-refractivity contribution is 6.80. The van der Waals surface area contributed by atoms with E-state index < -0.39 is 0 Å². The van der Waals surface area contributed by atoms with E-state index >= 15 is 0 Å². The van der Waals surface area contributed by atoms with Crippen LogP contribution in [0.4, 0.5) is 0 Å². The SMILES string of the molecule is Cc1ccccc1.[SiH3]Cl. The first-order valence-corrected chi connectivity index (χ1v) is 5.81. The molecule has 0 N–H and O–H groups in total. The maximum absolute atomic E-state index is 4.78. The third-order valence-electron chi connectivity index (χ3n) is 0.940. The van der Waals surface area contributed by atoms with Gasteiger partial charge in [-0.1, -0.05) is 35.9 Å². The first-order chi connectivity index (χ1) is 4.39. The molecule has 1 rings (SSSR count). The van der Waals surface area contributed by atoms with Crippen molar-refractivity contribution in [3.8, 4) is 0 Å². The van der Waals surface area contributed by atoms with E-state index in [-0.39, 0.29) is 0 Å². The molecule has 0 nitrogen and oxygen atoms in total. The second kappa shape index (κ2) is 5.86. The van der Waals surface area contributed by atoms with Crippen molar-refractivity contribution in [2.45, 2.75) is 6.92 Å². The molecule has 0 heterocycles. The lowest BCUT2D eigenvalue weighted by Gasteiger charge is -1.82. The number of hydrogen-bond acceptors (Lipinski definition) is 0. The van der Waals surface area contributed by atoms with E-state index in [1.165, 1.54) is 5.56 Å². The number of aryl methyl sites for hydroxylation is 1. The Bertz CT molecular complexity index is 139. The molecule has 9 heavy (non-hydrogen) atoms. The minimum Gasteiger partial charge on any atom is -0.181 e. The lowest BCUT2D eigenvalue weighted by atomic mass is 10.2. The Balaban J connectivity index is 0.000000291. The van der Waals surface area contributed by atoms with Gasteiger partial charge < -0.3 is 0 Å². The maximum atomic E-state index is 4.78. The molecule has 0 bridgehead atoms. The van der Waals surface area contributed by atoms with Crippen LogP contribution in [0.2, 0.25) is 0 Å². The quantitative estimate of drug-likeness (QED) is 0.397. The molecule has 0 fully saturated rings. The first-order valence-electron chi connectivity index (χ1n) is 2.79. The van der Waals surface area contributed by atoms with Gasteiger partial charge in [0.1, 0.15) is 9.55 Å². The lowest BCUT2D eigenvalue weighted by Crippen LogP contribution is -1.62. The molecule has 0 amide bonds. The highest BCUT2D eigenvalue weighted by Gasteiger charge is 1.72. The minimum absolute atomic E-state index is 0.778. The molecule has 0 aliphatic heterocycles. The average molecular weight is 159 g/mol. The maximum Gasteiger partial charge on any atom is 0.109 e. The Kier molecular flexibility index (Phi) is 5.68. The highest BCUT2D eigenvalue weighted by atomic mass is 35.6. The van der Waals surface area contributed by atoms with E-state index in [1.807, 2.05) is 18.2 Å². The van der Waals surface area contributed by atoms with E-state index in [0.717, 1.165) is 9.55 Å². The normalized spacial score (nSPS) is 7.78. The molecular weight excluding hydrogens is 148 g/mol. The zero-order chi connectivity index (χ0) is 7.11. The van der Waals surface area contributed by atoms with E-state index in [1.54, 1.807) is 0 Å². The Morgan fingerprint density at radius 1 is 1.11 bits per heavy atom. The third-order valence-corrected chi connectivity index (χ3v) is 0.940. The Morgan fingerprint density at radius 2 is 1.56 bits per heavy atom. The largest absolute Gasteiger partial charge is 0.181 e. The van der Waals surface area contributed by atoms with Gasteiger partial charge in [0, 0.05) is 0 Å². The molecule has 0 unspecified atom stereocenters. The fourth-order valence-electron chi connectivity index (χ4n) is 0.534. The van der Waals surface area contributed by atoms with E-state index in [0.29, 0.717) is 0 Å². The number of hydrogen-bond donors (Lipinski definition) is 0. The third kappa shape index (κ3) is 4.24. The van der Waals surface area contributed by atoms with Crippen molar-refractivity contribution < 1.29 is 0 Å². The Morgan fingerprint density at radius 3 is 1.78 bits per heavy atom. The lowest BCUT2D eigenvalue weighted by molar-refractivity contribution is 1.48. The van der Waals surface area contributed by atoms with Gasteiger partial charge in [-0.25, -0.2) is 0 Å². The zero-order valence-electron chi connectivity index (χ0n) is 5.76. The summed E-state index contributed by atoms with van der Waals surface area (Å²) >= 11 is 4.78. The van der Waals surface area contributed by atoms with Crippen LogP contribution < -0.4 is 0 Å². The van der Waals surface area contributed by atoms with E-state index in [4.69, 9.17) is 11.1 Å². The topological polar surface area (TPSA) is 0 Å². The summed E-state index contributed by atoms with van der Waals surface area (Å²) in [4.78, 5) is 0. The van der Waals surface area contributed by atoms with Gasteiger partial charge in [-0.2, -0.15) is 11.1 Å². The molecule has 0 aliphatic carbocycles. The van der Waals surface area contributed by atoms with Crippen LogP contribution in [0.5, 0.6) is 0 Å². The first kappa shape index (κ1) is 8.73. The van der Waals surface area contributed by atoms with Crippen molar-refractivity contribution in [3.63, 3.8) is 0 Å². The van der Waals surface area contributed by atoms with E-state index in [9.17, 15) is 0 Å². The molecule has 0 atom stereocenters. The molecule has 0 aliphatic rings. The minimum atomic E-state index is 0.778. The zero-order valence-corrected chi connectivity index (χ0v) is 8.52. The van der Waals surface area contributed by atoms with Crippen LogP contribution in [0.1, 0.15) is 5.56 Å². The molecule has 50 valence electrons. The molecule has 0 saturated carbocycles. The van der Waals surface area contributed by atoms with Gasteiger partial charge in [0.15, 0.2) is 0 Å². The highest BCUT2D eigenvalue weighted by Crippen LogP contribution is 1.92. The molecule has 2 heteroatoms. The predicted molar refractivity (Wildman–Crippen MR) is 47.0 cm³/mol. The molecule has 0 aromatic heterocycles. The number of benzene rings is 1. The van der Waals surface area contributed by atoms with Crippen LogP contribution in [-0.4, -0.2) is 9.55 Å². The standard InChI is InChI=1S/C7H8.ClH3Si/c1-7-5-3-2-4-6-7;1-2/h2-6H,1H3;2H3. The van der Waals surface area contributed by atoms with Crippen LogP contribution in [0, 0.1) is 6.92 Å². The summed E-state index contributed by atoms with van der Waals surface area (Å²) in [5, 5.41) is 0.